The van der Waals surface area contributed by atoms with Crippen molar-refractivity contribution in [3.63, 3.8) is 0 Å². The van der Waals surface area contributed by atoms with Crippen LogP contribution < -0.4 is 4.72 Å². The lowest BCUT2D eigenvalue weighted by Gasteiger charge is -2.26. The smallest absolute Gasteiger partial charge is 0.265 e. The third-order valence-electron chi connectivity index (χ3n) is 5.13. The third-order valence-corrected chi connectivity index (χ3v) is 6.48. The van der Waals surface area contributed by atoms with Gasteiger partial charge in [-0.1, -0.05) is 12.1 Å². The van der Waals surface area contributed by atoms with E-state index in [-0.39, 0.29) is 10.8 Å². The molecule has 0 spiro atoms. The number of piperidine rings is 1. The first kappa shape index (κ1) is 20.1. The molecule has 148 valence electrons. The van der Waals surface area contributed by atoms with Gasteiger partial charge in [-0.2, -0.15) is 0 Å². The molecule has 2 amide bonds. The predicted octanol–water partition coefficient (Wildman–Crippen LogP) is 3.05. The second-order valence-corrected chi connectivity index (χ2v) is 8.74. The van der Waals surface area contributed by atoms with Crippen LogP contribution in [0.4, 0.5) is 0 Å². The van der Waals surface area contributed by atoms with Crippen molar-refractivity contribution in [2.24, 2.45) is 0 Å². The normalized spacial score (nSPS) is 14.6. The molecule has 1 aliphatic heterocycles. The number of amides is 2. The molecule has 0 aromatic heterocycles. The fraction of sp³-hybridized carbons (Fsp3) is 0.333. The van der Waals surface area contributed by atoms with Crippen molar-refractivity contribution in [1.82, 2.24) is 9.62 Å². The molecule has 2 aromatic carbocycles. The van der Waals surface area contributed by atoms with E-state index in [2.05, 4.69) is 4.72 Å². The van der Waals surface area contributed by atoms with Gasteiger partial charge >= 0.3 is 0 Å². The summed E-state index contributed by atoms with van der Waals surface area (Å²) in [4.78, 5) is 26.7. The molecule has 3 rings (SSSR count). The van der Waals surface area contributed by atoms with Gasteiger partial charge in [0.1, 0.15) is 0 Å². The number of nitrogens with zero attached hydrogens (tertiary/aromatic N) is 1. The number of carbonyl (C=O) groups is 2. The van der Waals surface area contributed by atoms with Gasteiger partial charge in [-0.3, -0.25) is 9.59 Å². The number of rotatable bonds is 4. The van der Waals surface area contributed by atoms with Crippen LogP contribution in [0.15, 0.2) is 47.4 Å². The molecule has 0 saturated carbocycles. The Morgan fingerprint density at radius 1 is 0.929 bits per heavy atom. The Labute approximate surface area is 165 Å². The highest BCUT2D eigenvalue weighted by Gasteiger charge is 2.22. The molecule has 1 saturated heterocycles. The van der Waals surface area contributed by atoms with Crippen molar-refractivity contribution in [1.29, 1.82) is 0 Å². The Morgan fingerprint density at radius 3 is 2.21 bits per heavy atom. The number of nitrogens with one attached hydrogen (secondary N) is 1. The Morgan fingerprint density at radius 2 is 1.57 bits per heavy atom. The van der Waals surface area contributed by atoms with Gasteiger partial charge in [0.15, 0.2) is 0 Å². The van der Waals surface area contributed by atoms with E-state index in [1.807, 2.05) is 13.0 Å². The first-order chi connectivity index (χ1) is 13.3. The van der Waals surface area contributed by atoms with Crippen LogP contribution >= 0.6 is 0 Å². The average Bonchev–Trinajstić information content (AvgIpc) is 2.70. The topological polar surface area (TPSA) is 83.5 Å². The molecule has 0 atom stereocenters. The highest BCUT2D eigenvalue weighted by Crippen LogP contribution is 2.17. The van der Waals surface area contributed by atoms with Crippen LogP contribution in [-0.2, 0) is 10.0 Å². The van der Waals surface area contributed by atoms with E-state index in [1.54, 1.807) is 24.0 Å². The quantitative estimate of drug-likeness (QED) is 0.855. The van der Waals surface area contributed by atoms with Crippen LogP contribution in [0.1, 0.15) is 51.1 Å². The van der Waals surface area contributed by atoms with Crippen molar-refractivity contribution in [2.75, 3.05) is 13.1 Å². The number of likely N-dealkylation sites (tertiary alicyclic amines) is 1. The number of benzene rings is 2. The van der Waals surface area contributed by atoms with E-state index in [0.717, 1.165) is 43.5 Å². The Hall–Kier alpha value is -2.67. The highest BCUT2D eigenvalue weighted by atomic mass is 32.2. The molecule has 2 aromatic rings. The second kappa shape index (κ2) is 8.14. The number of aryl methyl sites for hydroxylation is 1. The molecule has 0 radical (unpaired) electrons. The molecule has 6 nitrogen and oxygen atoms in total. The lowest BCUT2D eigenvalue weighted by molar-refractivity contribution is 0.0724. The van der Waals surface area contributed by atoms with Crippen molar-refractivity contribution < 1.29 is 18.0 Å². The molecule has 1 heterocycles. The van der Waals surface area contributed by atoms with E-state index in [4.69, 9.17) is 0 Å². The number of sulfonamides is 1. The van der Waals surface area contributed by atoms with Crippen molar-refractivity contribution in [3.8, 4) is 0 Å². The van der Waals surface area contributed by atoms with E-state index < -0.39 is 15.9 Å². The van der Waals surface area contributed by atoms with Gasteiger partial charge in [0.05, 0.1) is 4.90 Å². The summed E-state index contributed by atoms with van der Waals surface area (Å²) in [5, 5.41) is 0. The van der Waals surface area contributed by atoms with Gasteiger partial charge in [-0.25, -0.2) is 13.1 Å². The number of carbonyl (C=O) groups excluding carboxylic acids is 2. The first-order valence-corrected chi connectivity index (χ1v) is 10.8. The van der Waals surface area contributed by atoms with Crippen LogP contribution in [0.3, 0.4) is 0 Å². The molecule has 0 aliphatic carbocycles. The van der Waals surface area contributed by atoms with Crippen molar-refractivity contribution >= 4 is 21.8 Å². The molecule has 0 unspecified atom stereocenters. The number of hydrogen-bond acceptors (Lipinski definition) is 4. The molecule has 0 bridgehead atoms. The standard InChI is InChI=1S/C21H24N2O4S/c1-15-7-6-8-19(16(15)2)20(24)22-28(26,27)18-11-9-17(10-12-18)21(25)23-13-4-3-5-14-23/h6-12H,3-5,13-14H2,1-2H3,(H,22,24). The second-order valence-electron chi connectivity index (χ2n) is 7.06. The summed E-state index contributed by atoms with van der Waals surface area (Å²) in [5.41, 5.74) is 2.41. The van der Waals surface area contributed by atoms with Gasteiger partial charge in [0.2, 0.25) is 0 Å². The van der Waals surface area contributed by atoms with Crippen LogP contribution in [0.25, 0.3) is 0 Å². The van der Waals surface area contributed by atoms with Gasteiger partial charge in [-0.15, -0.1) is 0 Å². The monoisotopic (exact) mass is 400 g/mol. The lowest BCUT2D eigenvalue weighted by Crippen LogP contribution is -2.35. The Bertz CT molecular complexity index is 992. The summed E-state index contributed by atoms with van der Waals surface area (Å²) in [6, 6.07) is 10.9. The van der Waals surface area contributed by atoms with E-state index >= 15 is 0 Å². The zero-order valence-corrected chi connectivity index (χ0v) is 16.9. The average molecular weight is 401 g/mol. The highest BCUT2D eigenvalue weighted by molar-refractivity contribution is 7.90. The van der Waals surface area contributed by atoms with E-state index in [1.165, 1.54) is 24.3 Å². The molecular weight excluding hydrogens is 376 g/mol. The minimum atomic E-state index is -4.03. The molecule has 28 heavy (non-hydrogen) atoms. The first-order valence-electron chi connectivity index (χ1n) is 9.32. The van der Waals surface area contributed by atoms with Crippen LogP contribution in [0, 0.1) is 13.8 Å². The van der Waals surface area contributed by atoms with Gasteiger partial charge in [0.25, 0.3) is 21.8 Å². The molecule has 7 heteroatoms. The summed E-state index contributed by atoms with van der Waals surface area (Å²) in [7, 11) is -4.03. The maximum Gasteiger partial charge on any atom is 0.265 e. The molecule has 1 N–H and O–H groups in total. The molecule has 1 fully saturated rings. The predicted molar refractivity (Wildman–Crippen MR) is 107 cm³/mol. The Kier molecular flexibility index (Phi) is 5.84. The van der Waals surface area contributed by atoms with E-state index in [0.29, 0.717) is 11.1 Å². The maximum atomic E-state index is 12.6. The van der Waals surface area contributed by atoms with Gasteiger partial charge in [0, 0.05) is 24.2 Å². The summed E-state index contributed by atoms with van der Waals surface area (Å²) in [5.74, 6) is -0.766. The van der Waals surface area contributed by atoms with E-state index in [9.17, 15) is 18.0 Å². The van der Waals surface area contributed by atoms with Gasteiger partial charge in [-0.05, 0) is 74.6 Å². The SMILES string of the molecule is Cc1cccc(C(=O)NS(=O)(=O)c2ccc(C(=O)N3CCCCC3)cc2)c1C. The third kappa shape index (κ3) is 4.25. The van der Waals surface area contributed by atoms with Crippen LogP contribution in [0.2, 0.25) is 0 Å². The van der Waals surface area contributed by atoms with Crippen molar-refractivity contribution in [2.45, 2.75) is 38.0 Å². The minimum absolute atomic E-state index is 0.0543. The summed E-state index contributed by atoms with van der Waals surface area (Å²) in [6.45, 7) is 5.09. The largest absolute Gasteiger partial charge is 0.339 e. The van der Waals surface area contributed by atoms with Crippen molar-refractivity contribution in [3.05, 3.63) is 64.7 Å². The summed E-state index contributed by atoms with van der Waals surface area (Å²) >= 11 is 0. The lowest BCUT2D eigenvalue weighted by atomic mass is 10.0. The fourth-order valence-electron chi connectivity index (χ4n) is 3.29. The maximum absolute atomic E-state index is 12.6. The summed E-state index contributed by atoms with van der Waals surface area (Å²) in [6.07, 6.45) is 3.10. The summed E-state index contributed by atoms with van der Waals surface area (Å²) < 4.78 is 27.2. The van der Waals surface area contributed by atoms with Crippen LogP contribution in [0.5, 0.6) is 0 Å². The van der Waals surface area contributed by atoms with Crippen LogP contribution in [-0.4, -0.2) is 38.2 Å². The minimum Gasteiger partial charge on any atom is -0.339 e. The van der Waals surface area contributed by atoms with Gasteiger partial charge < -0.3 is 4.90 Å². The fourth-order valence-corrected chi connectivity index (χ4v) is 4.26. The number of hydrogen-bond donors (Lipinski definition) is 1. The Balaban J connectivity index is 1.75. The zero-order valence-electron chi connectivity index (χ0n) is 16.1. The molecule has 1 aliphatic rings. The zero-order chi connectivity index (χ0) is 20.3. The molecular formula is C21H24N2O4S.